The molecule has 0 aliphatic carbocycles. The van der Waals surface area contributed by atoms with Gasteiger partial charge in [0.15, 0.2) is 0 Å². The monoisotopic (exact) mass is 200 g/mol. The summed E-state index contributed by atoms with van der Waals surface area (Å²) >= 11 is 0. The molecule has 1 aliphatic heterocycles. The molecule has 3 heteroatoms. The average molecular weight is 200 g/mol. The van der Waals surface area contributed by atoms with E-state index < -0.39 is 0 Å². The van der Waals surface area contributed by atoms with Crippen LogP contribution in [0, 0.1) is 11.3 Å². The Bertz CT molecular complexity index is 161. The first kappa shape index (κ1) is 12.0. The van der Waals surface area contributed by atoms with E-state index in [1.54, 1.807) is 0 Å². The van der Waals surface area contributed by atoms with E-state index in [0.29, 0.717) is 0 Å². The molecule has 0 saturated carbocycles. The van der Waals surface area contributed by atoms with Gasteiger partial charge in [-0.15, -0.1) is 0 Å². The number of hydrogen-bond acceptors (Lipinski definition) is 3. The third kappa shape index (κ3) is 3.23. The number of rotatable bonds is 6. The molecule has 1 aliphatic rings. The summed E-state index contributed by atoms with van der Waals surface area (Å²) in [5.74, 6) is 0.781. The molecule has 14 heavy (non-hydrogen) atoms. The molecule has 1 saturated heterocycles. The maximum absolute atomic E-state index is 5.77. The Balaban J connectivity index is 2.21. The summed E-state index contributed by atoms with van der Waals surface area (Å²) in [6.45, 7) is 9.21. The van der Waals surface area contributed by atoms with Crippen LogP contribution in [-0.4, -0.2) is 44.8 Å². The highest BCUT2D eigenvalue weighted by atomic mass is 16.5. The molecule has 1 heterocycles. The SMILES string of the molecule is CC(C)CCN(C)CC1(CN)COC1. The second-order valence-electron chi connectivity index (χ2n) is 5.12. The van der Waals surface area contributed by atoms with E-state index in [-0.39, 0.29) is 5.41 Å². The number of ether oxygens (including phenoxy) is 1. The third-order valence-electron chi connectivity index (χ3n) is 2.94. The molecular weight excluding hydrogens is 176 g/mol. The molecule has 1 fully saturated rings. The third-order valence-corrected chi connectivity index (χ3v) is 2.94. The molecule has 84 valence electrons. The lowest BCUT2D eigenvalue weighted by atomic mass is 9.85. The van der Waals surface area contributed by atoms with Crippen molar-refractivity contribution in [2.75, 3.05) is 39.9 Å². The zero-order valence-corrected chi connectivity index (χ0v) is 9.75. The summed E-state index contributed by atoms with van der Waals surface area (Å²) in [7, 11) is 2.18. The van der Waals surface area contributed by atoms with Gasteiger partial charge in [0.2, 0.25) is 0 Å². The topological polar surface area (TPSA) is 38.5 Å². The summed E-state index contributed by atoms with van der Waals surface area (Å²) in [5.41, 5.74) is 6.02. The molecule has 1 rings (SSSR count). The molecule has 3 nitrogen and oxygen atoms in total. The van der Waals surface area contributed by atoms with Gasteiger partial charge in [-0.05, 0) is 25.9 Å². The minimum Gasteiger partial charge on any atom is -0.380 e. The van der Waals surface area contributed by atoms with Crippen molar-refractivity contribution in [3.63, 3.8) is 0 Å². The molecule has 0 aromatic heterocycles. The Kier molecular flexibility index (Phi) is 4.35. The lowest BCUT2D eigenvalue weighted by Crippen LogP contribution is -2.54. The number of nitrogens with zero attached hydrogens (tertiary/aromatic N) is 1. The highest BCUT2D eigenvalue weighted by Crippen LogP contribution is 2.26. The first-order valence-corrected chi connectivity index (χ1v) is 5.54. The first-order chi connectivity index (χ1) is 6.58. The van der Waals surface area contributed by atoms with E-state index in [2.05, 4.69) is 25.8 Å². The quantitative estimate of drug-likeness (QED) is 0.693. The van der Waals surface area contributed by atoms with Gasteiger partial charge in [-0.3, -0.25) is 0 Å². The standard InChI is InChI=1S/C11H24N2O/c1-10(2)4-5-13(3)7-11(6-12)8-14-9-11/h10H,4-9,12H2,1-3H3. The van der Waals surface area contributed by atoms with E-state index in [4.69, 9.17) is 10.5 Å². The molecule has 0 unspecified atom stereocenters. The second kappa shape index (κ2) is 5.10. The minimum atomic E-state index is 0.256. The molecule has 0 aromatic rings. The average Bonchev–Trinajstić information content (AvgIpc) is 2.08. The molecule has 0 atom stereocenters. The molecule has 0 aromatic carbocycles. The number of hydrogen-bond donors (Lipinski definition) is 1. The molecule has 0 amide bonds. The molecule has 2 N–H and O–H groups in total. The molecule has 0 bridgehead atoms. The highest BCUT2D eigenvalue weighted by Gasteiger charge is 2.37. The van der Waals surface area contributed by atoms with Crippen molar-refractivity contribution in [3.05, 3.63) is 0 Å². The minimum absolute atomic E-state index is 0.256. The van der Waals surface area contributed by atoms with Gasteiger partial charge in [0.05, 0.1) is 13.2 Å². The fraction of sp³-hybridized carbons (Fsp3) is 1.00. The normalized spacial score (nSPS) is 20.1. The van der Waals surface area contributed by atoms with Gasteiger partial charge in [0.25, 0.3) is 0 Å². The van der Waals surface area contributed by atoms with E-state index in [1.165, 1.54) is 13.0 Å². The lowest BCUT2D eigenvalue weighted by Gasteiger charge is -2.43. The van der Waals surface area contributed by atoms with E-state index >= 15 is 0 Å². The van der Waals surface area contributed by atoms with Crippen LogP contribution in [0.4, 0.5) is 0 Å². The van der Waals surface area contributed by atoms with Gasteiger partial charge in [-0.2, -0.15) is 0 Å². The Hall–Kier alpha value is -0.120. The lowest BCUT2D eigenvalue weighted by molar-refractivity contribution is -0.118. The number of nitrogens with two attached hydrogens (primary N) is 1. The van der Waals surface area contributed by atoms with Crippen molar-refractivity contribution in [3.8, 4) is 0 Å². The molecular formula is C11H24N2O. The Morgan fingerprint density at radius 3 is 2.43 bits per heavy atom. The van der Waals surface area contributed by atoms with Gasteiger partial charge in [0.1, 0.15) is 0 Å². The van der Waals surface area contributed by atoms with Gasteiger partial charge < -0.3 is 15.4 Å². The fourth-order valence-corrected chi connectivity index (χ4v) is 1.79. The van der Waals surface area contributed by atoms with Crippen molar-refractivity contribution in [1.29, 1.82) is 0 Å². The van der Waals surface area contributed by atoms with Crippen LogP contribution in [0.2, 0.25) is 0 Å². The predicted molar refractivity (Wildman–Crippen MR) is 59.3 cm³/mol. The molecule has 0 spiro atoms. The van der Waals surface area contributed by atoms with Crippen LogP contribution in [0.15, 0.2) is 0 Å². The summed E-state index contributed by atoms with van der Waals surface area (Å²) in [6.07, 6.45) is 1.26. The summed E-state index contributed by atoms with van der Waals surface area (Å²) in [6, 6.07) is 0. The van der Waals surface area contributed by atoms with Crippen LogP contribution in [0.1, 0.15) is 20.3 Å². The van der Waals surface area contributed by atoms with Crippen molar-refractivity contribution in [1.82, 2.24) is 4.90 Å². The highest BCUT2D eigenvalue weighted by molar-refractivity contribution is 4.88. The van der Waals surface area contributed by atoms with Crippen molar-refractivity contribution in [2.24, 2.45) is 17.1 Å². The van der Waals surface area contributed by atoms with Crippen LogP contribution in [0.5, 0.6) is 0 Å². The van der Waals surface area contributed by atoms with Gasteiger partial charge in [0, 0.05) is 18.5 Å². The maximum atomic E-state index is 5.77. The van der Waals surface area contributed by atoms with Crippen LogP contribution >= 0.6 is 0 Å². The van der Waals surface area contributed by atoms with Crippen LogP contribution < -0.4 is 5.73 Å². The van der Waals surface area contributed by atoms with Crippen molar-refractivity contribution < 1.29 is 4.74 Å². The fourth-order valence-electron chi connectivity index (χ4n) is 1.79. The first-order valence-electron chi connectivity index (χ1n) is 5.54. The van der Waals surface area contributed by atoms with E-state index in [9.17, 15) is 0 Å². The van der Waals surface area contributed by atoms with Crippen LogP contribution in [0.3, 0.4) is 0 Å². The largest absolute Gasteiger partial charge is 0.380 e. The van der Waals surface area contributed by atoms with Crippen molar-refractivity contribution in [2.45, 2.75) is 20.3 Å². The zero-order chi connectivity index (χ0) is 10.6. The summed E-state index contributed by atoms with van der Waals surface area (Å²) < 4.78 is 5.25. The van der Waals surface area contributed by atoms with Crippen molar-refractivity contribution >= 4 is 0 Å². The Morgan fingerprint density at radius 2 is 2.07 bits per heavy atom. The van der Waals surface area contributed by atoms with Gasteiger partial charge in [-0.25, -0.2) is 0 Å². The predicted octanol–water partition coefficient (Wildman–Crippen LogP) is 0.940. The zero-order valence-electron chi connectivity index (χ0n) is 9.75. The maximum Gasteiger partial charge on any atom is 0.0569 e. The van der Waals surface area contributed by atoms with Crippen LogP contribution in [0.25, 0.3) is 0 Å². The smallest absolute Gasteiger partial charge is 0.0569 e. The summed E-state index contributed by atoms with van der Waals surface area (Å²) in [5, 5.41) is 0. The van der Waals surface area contributed by atoms with Gasteiger partial charge >= 0.3 is 0 Å². The molecule has 0 radical (unpaired) electrons. The summed E-state index contributed by atoms with van der Waals surface area (Å²) in [4.78, 5) is 2.38. The van der Waals surface area contributed by atoms with Gasteiger partial charge in [-0.1, -0.05) is 13.8 Å². The van der Waals surface area contributed by atoms with E-state index in [0.717, 1.165) is 32.2 Å². The Morgan fingerprint density at radius 1 is 1.43 bits per heavy atom. The van der Waals surface area contributed by atoms with E-state index in [1.807, 2.05) is 0 Å². The van der Waals surface area contributed by atoms with Crippen LogP contribution in [-0.2, 0) is 4.74 Å². The Labute approximate surface area is 87.6 Å². The second-order valence-corrected chi connectivity index (χ2v) is 5.12.